The lowest BCUT2D eigenvalue weighted by molar-refractivity contribution is 0.747. The van der Waals surface area contributed by atoms with Gasteiger partial charge in [-0.2, -0.15) is 5.10 Å². The van der Waals surface area contributed by atoms with Crippen molar-refractivity contribution in [3.8, 4) is 0 Å². The third kappa shape index (κ3) is 2.16. The average molecular weight is 269 g/mol. The number of aryl methyl sites for hydroxylation is 2. The van der Waals surface area contributed by atoms with E-state index < -0.39 is 0 Å². The van der Waals surface area contributed by atoms with Crippen molar-refractivity contribution in [3.05, 3.63) is 52.8 Å². The maximum Gasteiger partial charge on any atom is 0.252 e. The van der Waals surface area contributed by atoms with Gasteiger partial charge in [0.1, 0.15) is 6.33 Å². The molecule has 6 nitrogen and oxygen atoms in total. The van der Waals surface area contributed by atoms with E-state index in [0.29, 0.717) is 12.4 Å². The first kappa shape index (κ1) is 12.4. The zero-order chi connectivity index (χ0) is 14.1. The summed E-state index contributed by atoms with van der Waals surface area (Å²) in [4.78, 5) is 16.1. The Morgan fingerprint density at radius 1 is 1.25 bits per heavy atom. The lowest BCUT2D eigenvalue weighted by atomic mass is 10.2. The number of hydrogen-bond acceptors (Lipinski definition) is 4. The molecule has 0 spiro atoms. The molecule has 0 amide bonds. The number of nitrogens with one attached hydrogen (secondary N) is 1. The van der Waals surface area contributed by atoms with Crippen molar-refractivity contribution in [2.45, 2.75) is 6.54 Å². The molecule has 102 valence electrons. The maximum atomic E-state index is 12.0. The molecular formula is C14H15N5O. The van der Waals surface area contributed by atoms with Crippen LogP contribution in [-0.4, -0.2) is 19.3 Å². The van der Waals surface area contributed by atoms with Gasteiger partial charge in [0.2, 0.25) is 0 Å². The minimum atomic E-state index is -0.0415. The van der Waals surface area contributed by atoms with Gasteiger partial charge in [0, 0.05) is 31.2 Å². The van der Waals surface area contributed by atoms with E-state index in [1.807, 2.05) is 31.3 Å². The number of benzene rings is 1. The van der Waals surface area contributed by atoms with Crippen LogP contribution in [0.2, 0.25) is 0 Å². The molecule has 20 heavy (non-hydrogen) atoms. The zero-order valence-electron chi connectivity index (χ0n) is 11.4. The second kappa shape index (κ2) is 4.80. The van der Waals surface area contributed by atoms with E-state index in [9.17, 15) is 4.79 Å². The number of rotatable bonds is 3. The first-order valence-corrected chi connectivity index (χ1v) is 6.32. The smallest absolute Gasteiger partial charge is 0.252 e. The summed E-state index contributed by atoms with van der Waals surface area (Å²) in [5.41, 5.74) is 1.66. The van der Waals surface area contributed by atoms with Gasteiger partial charge in [-0.15, -0.1) is 0 Å². The Kier molecular flexibility index (Phi) is 2.98. The van der Waals surface area contributed by atoms with Crippen LogP contribution in [-0.2, 0) is 20.6 Å². The molecule has 0 radical (unpaired) electrons. The van der Waals surface area contributed by atoms with Crippen LogP contribution in [0.1, 0.15) is 5.82 Å². The summed E-state index contributed by atoms with van der Waals surface area (Å²) < 4.78 is 3.29. The molecule has 0 unspecified atom stereocenters. The summed E-state index contributed by atoms with van der Waals surface area (Å²) in [5.74, 6) is 0.692. The molecule has 0 aliphatic rings. The van der Waals surface area contributed by atoms with Crippen LogP contribution in [0.3, 0.4) is 0 Å². The van der Waals surface area contributed by atoms with Crippen molar-refractivity contribution < 1.29 is 0 Å². The Hall–Kier alpha value is -2.63. The molecule has 2 heterocycles. The Morgan fingerprint density at radius 3 is 2.80 bits per heavy atom. The number of para-hydroxylation sites is 1. The molecule has 0 atom stereocenters. The quantitative estimate of drug-likeness (QED) is 0.778. The molecule has 1 N–H and O–H groups in total. The monoisotopic (exact) mass is 269 g/mol. The molecule has 3 rings (SSSR count). The molecule has 0 saturated heterocycles. The predicted octanol–water partition coefficient (Wildman–Crippen LogP) is 1.28. The lowest BCUT2D eigenvalue weighted by Gasteiger charge is -2.11. The molecular weight excluding hydrogens is 254 g/mol. The van der Waals surface area contributed by atoms with Crippen molar-refractivity contribution in [2.24, 2.45) is 14.1 Å². The van der Waals surface area contributed by atoms with Crippen LogP contribution in [0.15, 0.2) is 41.5 Å². The van der Waals surface area contributed by atoms with Gasteiger partial charge >= 0.3 is 0 Å². The van der Waals surface area contributed by atoms with E-state index in [-0.39, 0.29) is 5.56 Å². The normalized spacial score (nSPS) is 10.9. The van der Waals surface area contributed by atoms with Gasteiger partial charge in [-0.3, -0.25) is 9.48 Å². The van der Waals surface area contributed by atoms with Gasteiger partial charge in [-0.25, -0.2) is 4.98 Å². The van der Waals surface area contributed by atoms with Gasteiger partial charge in [0.05, 0.1) is 12.1 Å². The van der Waals surface area contributed by atoms with Crippen LogP contribution < -0.4 is 10.9 Å². The number of aromatic nitrogens is 4. The van der Waals surface area contributed by atoms with Crippen LogP contribution in [0, 0.1) is 0 Å². The molecule has 3 aromatic rings. The number of nitrogens with zero attached hydrogens (tertiary/aromatic N) is 4. The summed E-state index contributed by atoms with van der Waals surface area (Å²) in [6.07, 6.45) is 1.65. The van der Waals surface area contributed by atoms with Gasteiger partial charge in [-0.1, -0.05) is 18.2 Å². The highest BCUT2D eigenvalue weighted by Gasteiger charge is 2.06. The maximum absolute atomic E-state index is 12.0. The molecule has 2 aromatic heterocycles. The summed E-state index contributed by atoms with van der Waals surface area (Å²) in [7, 11) is 3.60. The highest BCUT2D eigenvalue weighted by Crippen LogP contribution is 2.20. The number of anilines is 1. The summed E-state index contributed by atoms with van der Waals surface area (Å²) in [5, 5.41) is 8.44. The van der Waals surface area contributed by atoms with E-state index in [4.69, 9.17) is 0 Å². The van der Waals surface area contributed by atoms with Crippen molar-refractivity contribution in [1.29, 1.82) is 0 Å². The van der Waals surface area contributed by atoms with Crippen molar-refractivity contribution in [3.63, 3.8) is 0 Å². The van der Waals surface area contributed by atoms with Crippen molar-refractivity contribution in [1.82, 2.24) is 19.3 Å². The first-order valence-electron chi connectivity index (χ1n) is 6.32. The highest BCUT2D eigenvalue weighted by atomic mass is 16.1. The molecule has 0 aliphatic carbocycles. The van der Waals surface area contributed by atoms with E-state index >= 15 is 0 Å². The number of pyridine rings is 1. The molecule has 0 aliphatic heterocycles. The van der Waals surface area contributed by atoms with Gasteiger partial charge in [0.25, 0.3) is 5.56 Å². The van der Waals surface area contributed by atoms with E-state index in [1.54, 1.807) is 28.7 Å². The minimum Gasteiger partial charge on any atom is -0.377 e. The van der Waals surface area contributed by atoms with Crippen LogP contribution in [0.5, 0.6) is 0 Å². The van der Waals surface area contributed by atoms with Gasteiger partial charge < -0.3 is 9.88 Å². The van der Waals surface area contributed by atoms with Crippen molar-refractivity contribution >= 4 is 16.6 Å². The fourth-order valence-electron chi connectivity index (χ4n) is 2.20. The Bertz CT molecular complexity index is 818. The van der Waals surface area contributed by atoms with Crippen LogP contribution in [0.25, 0.3) is 10.9 Å². The Labute approximate surface area is 115 Å². The topological polar surface area (TPSA) is 64.7 Å². The molecule has 0 fully saturated rings. The Balaban J connectivity index is 1.99. The Morgan fingerprint density at radius 2 is 2.05 bits per heavy atom. The molecule has 0 saturated carbocycles. The zero-order valence-corrected chi connectivity index (χ0v) is 11.4. The molecule has 6 heteroatoms. The highest BCUT2D eigenvalue weighted by molar-refractivity contribution is 5.91. The predicted molar refractivity (Wildman–Crippen MR) is 77.5 cm³/mol. The summed E-state index contributed by atoms with van der Waals surface area (Å²) in [6, 6.07) is 9.40. The third-order valence-corrected chi connectivity index (χ3v) is 3.24. The van der Waals surface area contributed by atoms with Crippen LogP contribution >= 0.6 is 0 Å². The number of fused-ring (bicyclic) bond motifs is 1. The lowest BCUT2D eigenvalue weighted by Crippen LogP contribution is -2.17. The fraction of sp³-hybridized carbons (Fsp3) is 0.214. The van der Waals surface area contributed by atoms with Gasteiger partial charge in [-0.05, 0) is 6.07 Å². The minimum absolute atomic E-state index is 0.0415. The van der Waals surface area contributed by atoms with Crippen LogP contribution in [0.4, 0.5) is 5.69 Å². The average Bonchev–Trinajstić information content (AvgIpc) is 2.87. The van der Waals surface area contributed by atoms with Crippen molar-refractivity contribution in [2.75, 3.05) is 5.32 Å². The van der Waals surface area contributed by atoms with E-state index in [0.717, 1.165) is 16.6 Å². The third-order valence-electron chi connectivity index (χ3n) is 3.24. The molecule has 0 bridgehead atoms. The second-order valence-corrected chi connectivity index (χ2v) is 4.66. The van der Waals surface area contributed by atoms with E-state index in [2.05, 4.69) is 15.4 Å². The molecule has 1 aromatic carbocycles. The summed E-state index contributed by atoms with van der Waals surface area (Å²) in [6.45, 7) is 0.484. The largest absolute Gasteiger partial charge is 0.377 e. The van der Waals surface area contributed by atoms with Gasteiger partial charge in [0.15, 0.2) is 5.82 Å². The SMILES string of the molecule is Cn1cnc(CNc2cc(=O)n(C)c3ccccc23)n1. The standard InChI is InChI=1S/C14H15N5O/c1-18-9-16-13(17-18)8-15-11-7-14(20)19(2)12-6-4-3-5-10(11)12/h3-7,9,15H,8H2,1-2H3. The second-order valence-electron chi connectivity index (χ2n) is 4.66. The first-order chi connectivity index (χ1) is 9.65. The summed E-state index contributed by atoms with van der Waals surface area (Å²) >= 11 is 0. The fourth-order valence-corrected chi connectivity index (χ4v) is 2.20. The van der Waals surface area contributed by atoms with E-state index in [1.165, 1.54) is 0 Å². The number of hydrogen-bond donors (Lipinski definition) is 1.